The Hall–Kier alpha value is -1.91. The maximum Gasteiger partial charge on any atom is 0.337 e. The van der Waals surface area contributed by atoms with E-state index in [1.807, 2.05) is 24.3 Å². The normalized spacial score (nSPS) is 19.4. The predicted octanol–water partition coefficient (Wildman–Crippen LogP) is 6.53. The highest BCUT2D eigenvalue weighted by molar-refractivity contribution is 5.89. The second kappa shape index (κ2) is 14.1. The summed E-state index contributed by atoms with van der Waals surface area (Å²) in [7, 11) is 1.38. The smallest absolute Gasteiger partial charge is 0.337 e. The van der Waals surface area contributed by atoms with E-state index in [1.54, 1.807) is 12.1 Å². The van der Waals surface area contributed by atoms with Crippen LogP contribution < -0.4 is 0 Å². The standard InChI is InChI=1S/C25H36O4/c1-3-4-5-6-7-8-9-10-11-12-13-14-18-24-28-20-23(29-24)21-16-15-17-22(19-21)25(26)27-2/h12-19,23-24H,3-11,20H2,1-2H3/b13-12+,18-14+. The van der Waals surface area contributed by atoms with Crippen LogP contribution in [-0.2, 0) is 14.2 Å². The number of unbranched alkanes of at least 4 members (excludes halogenated alkanes) is 8. The zero-order chi connectivity index (χ0) is 20.7. The Morgan fingerprint density at radius 3 is 2.62 bits per heavy atom. The van der Waals surface area contributed by atoms with E-state index in [2.05, 4.69) is 19.1 Å². The molecule has 1 aromatic carbocycles. The number of carbonyl (C=O) groups excluding carboxylic acids is 1. The number of carbonyl (C=O) groups is 1. The number of methoxy groups -OCH3 is 1. The summed E-state index contributed by atoms with van der Waals surface area (Å²) in [6, 6.07) is 7.31. The van der Waals surface area contributed by atoms with Gasteiger partial charge >= 0.3 is 5.97 Å². The van der Waals surface area contributed by atoms with E-state index in [1.165, 1.54) is 58.5 Å². The minimum atomic E-state index is -0.352. The molecule has 1 fully saturated rings. The van der Waals surface area contributed by atoms with E-state index < -0.39 is 0 Å². The van der Waals surface area contributed by atoms with Gasteiger partial charge in [-0.05, 0) is 36.6 Å². The fraction of sp³-hybridized carbons (Fsp3) is 0.560. The molecule has 160 valence electrons. The van der Waals surface area contributed by atoms with Crippen molar-refractivity contribution in [1.82, 2.24) is 0 Å². The molecule has 0 aromatic heterocycles. The Labute approximate surface area is 175 Å². The van der Waals surface area contributed by atoms with Crippen LogP contribution in [0.3, 0.4) is 0 Å². The fourth-order valence-corrected chi connectivity index (χ4v) is 3.41. The van der Waals surface area contributed by atoms with Crippen molar-refractivity contribution >= 4 is 5.97 Å². The highest BCUT2D eigenvalue weighted by Gasteiger charge is 2.25. The lowest BCUT2D eigenvalue weighted by Gasteiger charge is -2.10. The molecular weight excluding hydrogens is 364 g/mol. The van der Waals surface area contributed by atoms with Crippen molar-refractivity contribution in [3.63, 3.8) is 0 Å². The molecule has 4 nitrogen and oxygen atoms in total. The predicted molar refractivity (Wildman–Crippen MR) is 117 cm³/mol. The van der Waals surface area contributed by atoms with Crippen LogP contribution in [-0.4, -0.2) is 26.0 Å². The quantitative estimate of drug-likeness (QED) is 0.214. The summed E-state index contributed by atoms with van der Waals surface area (Å²) in [5, 5.41) is 0. The minimum absolute atomic E-state index is 0.171. The van der Waals surface area contributed by atoms with Crippen LogP contribution in [0.5, 0.6) is 0 Å². The molecule has 2 unspecified atom stereocenters. The van der Waals surface area contributed by atoms with Gasteiger partial charge in [0.05, 0.1) is 19.3 Å². The van der Waals surface area contributed by atoms with Crippen molar-refractivity contribution in [2.45, 2.75) is 77.1 Å². The van der Waals surface area contributed by atoms with Gasteiger partial charge in [-0.3, -0.25) is 0 Å². The largest absolute Gasteiger partial charge is 0.465 e. The average molecular weight is 401 g/mol. The van der Waals surface area contributed by atoms with Crippen molar-refractivity contribution in [2.75, 3.05) is 13.7 Å². The van der Waals surface area contributed by atoms with Gasteiger partial charge in [-0.1, -0.05) is 82.2 Å². The fourth-order valence-electron chi connectivity index (χ4n) is 3.41. The van der Waals surface area contributed by atoms with Gasteiger partial charge < -0.3 is 14.2 Å². The number of allylic oxidation sites excluding steroid dienone is 3. The van der Waals surface area contributed by atoms with Crippen LogP contribution in [0.4, 0.5) is 0 Å². The molecule has 1 heterocycles. The Balaban J connectivity index is 1.61. The minimum Gasteiger partial charge on any atom is -0.465 e. The van der Waals surface area contributed by atoms with E-state index in [4.69, 9.17) is 14.2 Å². The molecule has 0 N–H and O–H groups in total. The van der Waals surface area contributed by atoms with E-state index in [0.717, 1.165) is 12.0 Å². The van der Waals surface area contributed by atoms with Gasteiger partial charge in [0.25, 0.3) is 0 Å². The topological polar surface area (TPSA) is 44.8 Å². The van der Waals surface area contributed by atoms with Gasteiger partial charge in [0.2, 0.25) is 0 Å². The molecule has 1 aliphatic rings. The first kappa shape index (κ1) is 23.4. The molecule has 1 aromatic rings. The molecule has 0 amide bonds. The number of hydrogen-bond acceptors (Lipinski definition) is 4. The van der Waals surface area contributed by atoms with E-state index >= 15 is 0 Å². The third-order valence-electron chi connectivity index (χ3n) is 5.13. The van der Waals surface area contributed by atoms with Crippen LogP contribution in [0.15, 0.2) is 48.6 Å². The van der Waals surface area contributed by atoms with Crippen LogP contribution >= 0.6 is 0 Å². The SMILES string of the molecule is CCCCCCCCCC/C=C/C=C/C1OCC(c2cccc(C(=O)OC)c2)O1. The Bertz CT molecular complexity index is 650. The Morgan fingerprint density at radius 1 is 1.10 bits per heavy atom. The van der Waals surface area contributed by atoms with E-state index in [9.17, 15) is 4.79 Å². The number of benzene rings is 1. The van der Waals surface area contributed by atoms with Gasteiger partial charge in [0.15, 0.2) is 6.29 Å². The summed E-state index contributed by atoms with van der Waals surface area (Å²) in [6.07, 6.45) is 19.6. The zero-order valence-corrected chi connectivity index (χ0v) is 18.0. The second-order valence-corrected chi connectivity index (χ2v) is 7.52. The van der Waals surface area contributed by atoms with Crippen molar-refractivity contribution in [1.29, 1.82) is 0 Å². The lowest BCUT2D eigenvalue weighted by atomic mass is 10.1. The van der Waals surface area contributed by atoms with Crippen LogP contribution in [0.2, 0.25) is 0 Å². The molecule has 29 heavy (non-hydrogen) atoms. The third kappa shape index (κ3) is 8.97. The first-order chi connectivity index (χ1) is 14.2. The van der Waals surface area contributed by atoms with Gasteiger partial charge in [-0.25, -0.2) is 4.79 Å². The van der Waals surface area contributed by atoms with Crippen molar-refractivity contribution in [3.05, 3.63) is 59.7 Å². The number of esters is 1. The number of ether oxygens (including phenoxy) is 3. The van der Waals surface area contributed by atoms with E-state index in [0.29, 0.717) is 12.2 Å². The third-order valence-corrected chi connectivity index (χ3v) is 5.13. The second-order valence-electron chi connectivity index (χ2n) is 7.52. The van der Waals surface area contributed by atoms with Crippen LogP contribution in [0.25, 0.3) is 0 Å². The molecule has 0 aliphatic carbocycles. The molecule has 2 rings (SSSR count). The number of rotatable bonds is 13. The van der Waals surface area contributed by atoms with E-state index in [-0.39, 0.29) is 18.4 Å². The molecule has 1 aliphatic heterocycles. The summed E-state index contributed by atoms with van der Waals surface area (Å²) in [5.41, 5.74) is 1.45. The molecule has 0 bridgehead atoms. The summed E-state index contributed by atoms with van der Waals surface area (Å²) in [4.78, 5) is 11.7. The molecular formula is C25H36O4. The van der Waals surface area contributed by atoms with Gasteiger partial charge in [0, 0.05) is 0 Å². The molecule has 0 radical (unpaired) electrons. The Morgan fingerprint density at radius 2 is 1.86 bits per heavy atom. The molecule has 0 saturated carbocycles. The van der Waals surface area contributed by atoms with Gasteiger partial charge in [-0.2, -0.15) is 0 Å². The lowest BCUT2D eigenvalue weighted by molar-refractivity contribution is -0.0200. The summed E-state index contributed by atoms with van der Waals surface area (Å²) < 4.78 is 16.4. The van der Waals surface area contributed by atoms with Crippen LogP contribution in [0.1, 0.15) is 86.7 Å². The highest BCUT2D eigenvalue weighted by atomic mass is 16.7. The van der Waals surface area contributed by atoms with Crippen molar-refractivity contribution in [3.8, 4) is 0 Å². The first-order valence-electron chi connectivity index (χ1n) is 11.0. The maximum absolute atomic E-state index is 11.7. The van der Waals surface area contributed by atoms with Crippen molar-refractivity contribution in [2.24, 2.45) is 0 Å². The molecule has 1 saturated heterocycles. The summed E-state index contributed by atoms with van der Waals surface area (Å²) in [6.45, 7) is 2.73. The average Bonchev–Trinajstić information content (AvgIpc) is 3.23. The van der Waals surface area contributed by atoms with Gasteiger partial charge in [-0.15, -0.1) is 0 Å². The molecule has 2 atom stereocenters. The first-order valence-corrected chi connectivity index (χ1v) is 11.0. The zero-order valence-electron chi connectivity index (χ0n) is 18.0. The van der Waals surface area contributed by atoms with Crippen molar-refractivity contribution < 1.29 is 19.0 Å². The summed E-state index contributed by atoms with van der Waals surface area (Å²) in [5.74, 6) is -0.344. The molecule has 4 heteroatoms. The Kier molecular flexibility index (Phi) is 11.4. The molecule has 0 spiro atoms. The van der Waals surface area contributed by atoms with Crippen LogP contribution in [0, 0.1) is 0 Å². The summed E-state index contributed by atoms with van der Waals surface area (Å²) >= 11 is 0. The lowest BCUT2D eigenvalue weighted by Crippen LogP contribution is -2.06. The number of hydrogen-bond donors (Lipinski definition) is 0. The highest BCUT2D eigenvalue weighted by Crippen LogP contribution is 2.27. The maximum atomic E-state index is 11.7. The van der Waals surface area contributed by atoms with Gasteiger partial charge in [0.1, 0.15) is 6.10 Å². The monoisotopic (exact) mass is 400 g/mol.